The number of benzene rings is 2. The van der Waals surface area contributed by atoms with Gasteiger partial charge in [0.1, 0.15) is 11.5 Å². The van der Waals surface area contributed by atoms with Gasteiger partial charge in [-0.1, -0.05) is 42.7 Å². The van der Waals surface area contributed by atoms with E-state index < -0.39 is 5.60 Å². The fourth-order valence-corrected chi connectivity index (χ4v) is 5.33. The predicted octanol–water partition coefficient (Wildman–Crippen LogP) is 4.88. The number of nitrogens with zero attached hydrogens (tertiary/aromatic N) is 1. The van der Waals surface area contributed by atoms with E-state index >= 15 is 0 Å². The lowest BCUT2D eigenvalue weighted by Gasteiger charge is -2.53. The minimum absolute atomic E-state index is 0.111. The molecule has 2 aromatic carbocycles. The Labute approximate surface area is 174 Å². The van der Waals surface area contributed by atoms with Gasteiger partial charge in [-0.15, -0.1) is 0 Å². The summed E-state index contributed by atoms with van der Waals surface area (Å²) in [5.41, 5.74) is 3.13. The molecule has 0 spiro atoms. The van der Waals surface area contributed by atoms with E-state index in [1.807, 2.05) is 12.1 Å². The molecule has 1 aliphatic heterocycles. The molecule has 2 aromatic rings. The summed E-state index contributed by atoms with van der Waals surface area (Å²) in [5.74, 6) is 1.91. The van der Waals surface area contributed by atoms with E-state index in [1.54, 1.807) is 14.2 Å². The molecule has 1 heterocycles. The van der Waals surface area contributed by atoms with Crippen molar-refractivity contribution in [2.75, 3.05) is 20.8 Å². The number of hydrogen-bond donors (Lipinski definition) is 1. The van der Waals surface area contributed by atoms with Crippen LogP contribution in [0.2, 0.25) is 0 Å². The second kappa shape index (κ2) is 8.37. The van der Waals surface area contributed by atoms with Crippen molar-refractivity contribution in [3.63, 3.8) is 0 Å². The normalized spacial score (nSPS) is 27.3. The summed E-state index contributed by atoms with van der Waals surface area (Å²) in [6, 6.07) is 15.0. The minimum Gasteiger partial charge on any atom is -0.497 e. The van der Waals surface area contributed by atoms with Gasteiger partial charge in [0.05, 0.1) is 19.8 Å². The van der Waals surface area contributed by atoms with Crippen LogP contribution in [0.15, 0.2) is 42.5 Å². The van der Waals surface area contributed by atoms with Crippen molar-refractivity contribution in [2.24, 2.45) is 5.92 Å². The van der Waals surface area contributed by atoms with Crippen molar-refractivity contribution < 1.29 is 14.6 Å². The largest absolute Gasteiger partial charge is 0.497 e. The fraction of sp³-hybridized carbons (Fsp3) is 0.520. The van der Waals surface area contributed by atoms with Crippen molar-refractivity contribution in [3.8, 4) is 11.5 Å². The van der Waals surface area contributed by atoms with Crippen molar-refractivity contribution in [1.29, 1.82) is 0 Å². The first-order valence-electron chi connectivity index (χ1n) is 10.8. The average Bonchev–Trinajstić information content (AvgIpc) is 2.74. The average molecular weight is 396 g/mol. The smallest absolute Gasteiger partial charge is 0.123 e. The summed E-state index contributed by atoms with van der Waals surface area (Å²) in [4.78, 5) is 2.53. The lowest BCUT2D eigenvalue weighted by Crippen LogP contribution is -2.54. The first-order chi connectivity index (χ1) is 14.0. The number of hydrogen-bond acceptors (Lipinski definition) is 4. The zero-order valence-corrected chi connectivity index (χ0v) is 17.9. The summed E-state index contributed by atoms with van der Waals surface area (Å²) in [7, 11) is 3.43. The van der Waals surface area contributed by atoms with Gasteiger partial charge in [0.15, 0.2) is 0 Å². The van der Waals surface area contributed by atoms with Crippen LogP contribution in [0.25, 0.3) is 0 Å². The van der Waals surface area contributed by atoms with Crippen LogP contribution in [0.5, 0.6) is 11.5 Å². The molecule has 3 atom stereocenters. The Morgan fingerprint density at radius 2 is 1.83 bits per heavy atom. The summed E-state index contributed by atoms with van der Waals surface area (Å²) in [6.45, 7) is 3.88. The Hall–Kier alpha value is -2.04. The second-order valence-electron chi connectivity index (χ2n) is 8.71. The molecule has 1 saturated carbocycles. The van der Waals surface area contributed by atoms with Crippen LogP contribution in [-0.4, -0.2) is 36.4 Å². The highest BCUT2D eigenvalue weighted by Crippen LogP contribution is 2.51. The van der Waals surface area contributed by atoms with Gasteiger partial charge in [0.2, 0.25) is 0 Å². The molecule has 1 N–H and O–H groups in total. The maximum atomic E-state index is 11.5. The van der Waals surface area contributed by atoms with Gasteiger partial charge >= 0.3 is 0 Å². The number of ether oxygens (including phenoxy) is 2. The summed E-state index contributed by atoms with van der Waals surface area (Å²) in [6.07, 6.45) is 5.08. The zero-order valence-electron chi connectivity index (χ0n) is 17.9. The Balaban J connectivity index is 1.75. The molecule has 4 nitrogen and oxygen atoms in total. The highest BCUT2D eigenvalue weighted by atomic mass is 16.5. The number of fused-ring (bicyclic) bond motifs is 1. The Bertz CT molecular complexity index is 834. The fourth-order valence-electron chi connectivity index (χ4n) is 5.33. The molecule has 1 saturated heterocycles. The lowest BCUT2D eigenvalue weighted by atomic mass is 9.66. The van der Waals surface area contributed by atoms with E-state index in [9.17, 15) is 5.11 Å². The Kier molecular flexibility index (Phi) is 5.84. The SMILES string of the molecule is COc1ccc(OC)c([C@H]2[C@@H]3CCCC[C@@]3(O)CCN2Cc2ccc(C)cc2)c1. The van der Waals surface area contributed by atoms with Crippen LogP contribution in [0, 0.1) is 12.8 Å². The van der Waals surface area contributed by atoms with Crippen LogP contribution in [0.1, 0.15) is 54.8 Å². The number of likely N-dealkylation sites (tertiary alicyclic amines) is 1. The van der Waals surface area contributed by atoms with Crippen LogP contribution in [0.3, 0.4) is 0 Å². The Morgan fingerprint density at radius 3 is 2.55 bits per heavy atom. The maximum absolute atomic E-state index is 11.5. The number of aryl methyl sites for hydroxylation is 1. The predicted molar refractivity (Wildman–Crippen MR) is 115 cm³/mol. The monoisotopic (exact) mass is 395 g/mol. The molecule has 0 radical (unpaired) electrons. The van der Waals surface area contributed by atoms with Gasteiger partial charge in [-0.3, -0.25) is 4.90 Å². The highest BCUT2D eigenvalue weighted by Gasteiger charge is 2.49. The molecule has 156 valence electrons. The van der Waals surface area contributed by atoms with Gasteiger partial charge < -0.3 is 14.6 Å². The first-order valence-corrected chi connectivity index (χ1v) is 10.8. The third-order valence-corrected chi connectivity index (χ3v) is 6.93. The van der Waals surface area contributed by atoms with E-state index in [0.29, 0.717) is 0 Å². The van der Waals surface area contributed by atoms with Crippen LogP contribution >= 0.6 is 0 Å². The molecule has 4 heteroatoms. The van der Waals surface area contributed by atoms with E-state index in [2.05, 4.69) is 42.2 Å². The third kappa shape index (κ3) is 4.01. The second-order valence-corrected chi connectivity index (χ2v) is 8.71. The number of piperidine rings is 1. The van der Waals surface area contributed by atoms with Gasteiger partial charge in [-0.25, -0.2) is 0 Å². The zero-order chi connectivity index (χ0) is 20.4. The van der Waals surface area contributed by atoms with Crippen molar-refractivity contribution in [3.05, 3.63) is 59.2 Å². The van der Waals surface area contributed by atoms with Gasteiger partial charge in [0.25, 0.3) is 0 Å². The quantitative estimate of drug-likeness (QED) is 0.783. The van der Waals surface area contributed by atoms with Crippen molar-refractivity contribution in [2.45, 2.75) is 57.2 Å². The van der Waals surface area contributed by atoms with Crippen LogP contribution in [0.4, 0.5) is 0 Å². The lowest BCUT2D eigenvalue weighted by molar-refractivity contribution is -0.126. The summed E-state index contributed by atoms with van der Waals surface area (Å²) >= 11 is 0. The van der Waals surface area contributed by atoms with E-state index in [-0.39, 0.29) is 12.0 Å². The van der Waals surface area contributed by atoms with Crippen molar-refractivity contribution >= 4 is 0 Å². The summed E-state index contributed by atoms with van der Waals surface area (Å²) < 4.78 is 11.3. The number of methoxy groups -OCH3 is 2. The molecule has 2 aliphatic rings. The summed E-state index contributed by atoms with van der Waals surface area (Å²) in [5, 5.41) is 11.5. The minimum atomic E-state index is -0.583. The van der Waals surface area contributed by atoms with Crippen LogP contribution < -0.4 is 9.47 Å². The molecule has 2 fully saturated rings. The standard InChI is InChI=1S/C25H33NO3/c1-18-7-9-19(10-8-18)17-26-15-14-25(27)13-5-4-6-22(25)24(26)21-16-20(28-2)11-12-23(21)29-3/h7-12,16,22,24,27H,4-6,13-15,17H2,1-3H3/t22-,24-,25+/m0/s1. The molecule has 0 unspecified atom stereocenters. The first kappa shape index (κ1) is 20.2. The number of rotatable bonds is 5. The molecule has 0 bridgehead atoms. The molecule has 0 aromatic heterocycles. The van der Waals surface area contributed by atoms with E-state index in [1.165, 1.54) is 17.5 Å². The van der Waals surface area contributed by atoms with E-state index in [0.717, 1.165) is 55.8 Å². The Morgan fingerprint density at radius 1 is 1.03 bits per heavy atom. The third-order valence-electron chi connectivity index (χ3n) is 6.93. The van der Waals surface area contributed by atoms with Crippen molar-refractivity contribution in [1.82, 2.24) is 4.90 Å². The topological polar surface area (TPSA) is 41.9 Å². The van der Waals surface area contributed by atoms with Gasteiger partial charge in [0, 0.05) is 30.6 Å². The molecule has 4 rings (SSSR count). The molecule has 1 aliphatic carbocycles. The van der Waals surface area contributed by atoms with E-state index in [4.69, 9.17) is 9.47 Å². The maximum Gasteiger partial charge on any atom is 0.123 e. The molecular weight excluding hydrogens is 362 g/mol. The van der Waals surface area contributed by atoms with Crippen LogP contribution in [-0.2, 0) is 6.54 Å². The molecular formula is C25H33NO3. The molecule has 0 amide bonds. The van der Waals surface area contributed by atoms with Gasteiger partial charge in [-0.2, -0.15) is 0 Å². The van der Waals surface area contributed by atoms with Gasteiger partial charge in [-0.05, 0) is 49.9 Å². The number of aliphatic hydroxyl groups is 1. The highest BCUT2D eigenvalue weighted by molar-refractivity contribution is 5.43. The molecule has 29 heavy (non-hydrogen) atoms.